The van der Waals surface area contributed by atoms with E-state index in [1.165, 1.54) is 11.1 Å². The van der Waals surface area contributed by atoms with Gasteiger partial charge < -0.3 is 0 Å². The second-order valence-electron chi connectivity index (χ2n) is 3.82. The Morgan fingerprint density at radius 2 is 2.12 bits per heavy atom. The average molecular weight is 212 g/mol. The van der Waals surface area contributed by atoms with Crippen molar-refractivity contribution < 1.29 is 0 Å². The zero-order valence-electron chi connectivity index (χ0n) is 9.77. The van der Waals surface area contributed by atoms with Gasteiger partial charge in [0.05, 0.1) is 17.6 Å². The molecule has 0 aliphatic carbocycles. The first-order valence-electron chi connectivity index (χ1n) is 5.65. The zero-order valence-corrected chi connectivity index (χ0v) is 9.77. The van der Waals surface area contributed by atoms with Crippen LogP contribution in [-0.2, 0) is 6.42 Å². The molecule has 1 aliphatic rings. The highest BCUT2D eigenvalue weighted by Gasteiger charge is 2.11. The molecule has 0 aromatic carbocycles. The summed E-state index contributed by atoms with van der Waals surface area (Å²) in [4.78, 5) is 8.81. The van der Waals surface area contributed by atoms with Gasteiger partial charge in [0.25, 0.3) is 0 Å². The molecule has 1 aromatic heterocycles. The van der Waals surface area contributed by atoms with E-state index in [9.17, 15) is 0 Å². The number of allylic oxidation sites excluding steroid dienone is 4. The van der Waals surface area contributed by atoms with Crippen LogP contribution in [-0.4, -0.2) is 10.7 Å². The van der Waals surface area contributed by atoms with Crippen LogP contribution in [0.15, 0.2) is 47.3 Å². The lowest BCUT2D eigenvalue weighted by molar-refractivity contribution is 0.980. The van der Waals surface area contributed by atoms with Crippen molar-refractivity contribution in [2.45, 2.75) is 26.7 Å². The van der Waals surface area contributed by atoms with Crippen LogP contribution in [0.2, 0.25) is 0 Å². The Kier molecular flexibility index (Phi) is 3.30. The quantitative estimate of drug-likeness (QED) is 0.698. The molecule has 0 saturated carbocycles. The lowest BCUT2D eigenvalue weighted by Gasteiger charge is -2.02. The van der Waals surface area contributed by atoms with Gasteiger partial charge in [-0.15, -0.1) is 0 Å². The monoisotopic (exact) mass is 212 g/mol. The van der Waals surface area contributed by atoms with Crippen molar-refractivity contribution >= 4 is 11.4 Å². The molecule has 2 nitrogen and oxygen atoms in total. The molecule has 82 valence electrons. The van der Waals surface area contributed by atoms with E-state index < -0.39 is 0 Å². The first kappa shape index (κ1) is 10.8. The minimum absolute atomic E-state index is 1.01. The summed E-state index contributed by atoms with van der Waals surface area (Å²) in [5.74, 6) is 0. The standard InChI is InChI=1S/C14H16N2/c1-3-5-13-11(4-2)6-7-12-8-9-15-10-14(12)16-13/h3-5,8-10H,6-7H2,1-2H3/b5-3-,11-4-. The minimum Gasteiger partial charge on any atom is -0.262 e. The third-order valence-electron chi connectivity index (χ3n) is 2.79. The molecule has 2 rings (SSSR count). The van der Waals surface area contributed by atoms with Gasteiger partial charge in [-0.3, -0.25) is 4.98 Å². The van der Waals surface area contributed by atoms with Crippen molar-refractivity contribution in [2.75, 3.05) is 0 Å². The summed E-state index contributed by atoms with van der Waals surface area (Å²) < 4.78 is 0. The number of aryl methyl sites for hydroxylation is 1. The van der Waals surface area contributed by atoms with Gasteiger partial charge in [-0.1, -0.05) is 12.2 Å². The van der Waals surface area contributed by atoms with E-state index in [2.05, 4.69) is 35.1 Å². The second kappa shape index (κ2) is 4.88. The maximum Gasteiger partial charge on any atom is 0.0852 e. The molecule has 16 heavy (non-hydrogen) atoms. The van der Waals surface area contributed by atoms with Gasteiger partial charge in [-0.25, -0.2) is 4.99 Å². The third kappa shape index (κ3) is 2.11. The van der Waals surface area contributed by atoms with Crippen LogP contribution in [0.5, 0.6) is 0 Å². The third-order valence-corrected chi connectivity index (χ3v) is 2.79. The molecule has 0 N–H and O–H groups in total. The van der Waals surface area contributed by atoms with E-state index in [0.717, 1.165) is 24.2 Å². The summed E-state index contributed by atoms with van der Waals surface area (Å²) in [5.41, 5.74) is 4.67. The molecule has 0 spiro atoms. The molecule has 0 unspecified atom stereocenters. The summed E-state index contributed by atoms with van der Waals surface area (Å²) in [5, 5.41) is 0. The average Bonchev–Trinajstić information content (AvgIpc) is 2.48. The molecule has 0 bridgehead atoms. The molecule has 0 radical (unpaired) electrons. The highest BCUT2D eigenvalue weighted by atomic mass is 14.8. The Morgan fingerprint density at radius 3 is 2.88 bits per heavy atom. The maximum atomic E-state index is 4.68. The van der Waals surface area contributed by atoms with E-state index >= 15 is 0 Å². The second-order valence-corrected chi connectivity index (χ2v) is 3.82. The Hall–Kier alpha value is -1.70. The number of rotatable bonds is 1. The molecule has 1 aliphatic heterocycles. The Bertz CT molecular complexity index is 467. The van der Waals surface area contributed by atoms with Crippen molar-refractivity contribution in [2.24, 2.45) is 4.99 Å². The van der Waals surface area contributed by atoms with E-state index in [0.29, 0.717) is 0 Å². The molecule has 2 heteroatoms. The fourth-order valence-corrected chi connectivity index (χ4v) is 1.92. The largest absolute Gasteiger partial charge is 0.262 e. The summed E-state index contributed by atoms with van der Waals surface area (Å²) >= 11 is 0. The van der Waals surface area contributed by atoms with Crippen molar-refractivity contribution in [1.29, 1.82) is 0 Å². The van der Waals surface area contributed by atoms with E-state index in [1.807, 2.05) is 25.4 Å². The molecule has 1 aromatic rings. The smallest absolute Gasteiger partial charge is 0.0852 e. The molecular formula is C14H16N2. The van der Waals surface area contributed by atoms with Gasteiger partial charge in [0, 0.05) is 6.20 Å². The Balaban J connectivity index is 2.50. The number of fused-ring (bicyclic) bond motifs is 1. The van der Waals surface area contributed by atoms with Crippen molar-refractivity contribution in [1.82, 2.24) is 4.98 Å². The molecular weight excluding hydrogens is 196 g/mol. The summed E-state index contributed by atoms with van der Waals surface area (Å²) in [6.07, 6.45) is 12.0. The van der Waals surface area contributed by atoms with Crippen LogP contribution in [0.4, 0.5) is 5.69 Å². The molecule has 2 heterocycles. The van der Waals surface area contributed by atoms with Gasteiger partial charge in [0.2, 0.25) is 0 Å². The summed E-state index contributed by atoms with van der Waals surface area (Å²) in [7, 11) is 0. The lowest BCUT2D eigenvalue weighted by Crippen LogP contribution is -1.97. The fourth-order valence-electron chi connectivity index (χ4n) is 1.92. The number of hydrogen-bond donors (Lipinski definition) is 0. The topological polar surface area (TPSA) is 25.2 Å². The predicted octanol–water partition coefficient (Wildman–Crippen LogP) is 3.62. The first-order valence-corrected chi connectivity index (χ1v) is 5.65. The van der Waals surface area contributed by atoms with Gasteiger partial charge in [0.1, 0.15) is 0 Å². The van der Waals surface area contributed by atoms with Gasteiger partial charge in [-0.2, -0.15) is 0 Å². The van der Waals surface area contributed by atoms with Crippen molar-refractivity contribution in [3.05, 3.63) is 47.8 Å². The van der Waals surface area contributed by atoms with Gasteiger partial charge in [0.15, 0.2) is 0 Å². The molecule has 0 fully saturated rings. The maximum absolute atomic E-state index is 4.68. The summed E-state index contributed by atoms with van der Waals surface area (Å²) in [6, 6.07) is 2.06. The van der Waals surface area contributed by atoms with E-state index in [1.54, 1.807) is 0 Å². The lowest BCUT2D eigenvalue weighted by atomic mass is 10.0. The van der Waals surface area contributed by atoms with E-state index in [-0.39, 0.29) is 0 Å². The molecule has 0 saturated heterocycles. The number of hydrogen-bond acceptors (Lipinski definition) is 2. The fraction of sp³-hybridized carbons (Fsp3) is 0.286. The molecule has 0 atom stereocenters. The normalized spacial score (nSPS) is 18.4. The van der Waals surface area contributed by atoms with E-state index in [4.69, 9.17) is 0 Å². The van der Waals surface area contributed by atoms with Crippen molar-refractivity contribution in [3.63, 3.8) is 0 Å². The minimum atomic E-state index is 1.01. The first-order chi connectivity index (χ1) is 7.85. The van der Waals surface area contributed by atoms with Gasteiger partial charge >= 0.3 is 0 Å². The van der Waals surface area contributed by atoms with Crippen LogP contribution >= 0.6 is 0 Å². The van der Waals surface area contributed by atoms with Gasteiger partial charge in [-0.05, 0) is 50.0 Å². The van der Waals surface area contributed by atoms with Crippen LogP contribution in [0.3, 0.4) is 0 Å². The Labute approximate surface area is 96.4 Å². The van der Waals surface area contributed by atoms with Crippen LogP contribution in [0.1, 0.15) is 25.8 Å². The number of aromatic nitrogens is 1. The predicted molar refractivity (Wildman–Crippen MR) is 68.2 cm³/mol. The number of pyridine rings is 1. The van der Waals surface area contributed by atoms with Crippen molar-refractivity contribution in [3.8, 4) is 0 Å². The van der Waals surface area contributed by atoms with Crippen LogP contribution < -0.4 is 0 Å². The van der Waals surface area contributed by atoms with Crippen LogP contribution in [0.25, 0.3) is 0 Å². The molecule has 0 amide bonds. The Morgan fingerprint density at radius 1 is 1.25 bits per heavy atom. The SMILES string of the molecule is C/C=C\C1=Nc2cnccc2CC/C1=C/C. The number of aliphatic imine (C=N–C) groups is 1. The highest BCUT2D eigenvalue weighted by molar-refractivity contribution is 6.09. The summed E-state index contributed by atoms with van der Waals surface area (Å²) in [6.45, 7) is 4.09. The zero-order chi connectivity index (χ0) is 11.4. The number of nitrogens with zero attached hydrogens (tertiary/aromatic N) is 2. The highest BCUT2D eigenvalue weighted by Crippen LogP contribution is 2.26. The van der Waals surface area contributed by atoms with Crippen LogP contribution in [0, 0.1) is 0 Å².